The van der Waals surface area contributed by atoms with Crippen LogP contribution in [0.2, 0.25) is 0 Å². The molecule has 0 atom stereocenters. The summed E-state index contributed by atoms with van der Waals surface area (Å²) in [5.74, 6) is -0.513. The van der Waals surface area contributed by atoms with E-state index in [2.05, 4.69) is 0 Å². The van der Waals surface area contributed by atoms with E-state index in [1.54, 1.807) is 0 Å². The zero-order chi connectivity index (χ0) is 13.1. The van der Waals surface area contributed by atoms with Crippen molar-refractivity contribution < 1.29 is 9.59 Å². The van der Waals surface area contributed by atoms with E-state index in [4.69, 9.17) is 0 Å². The number of carbonyl (C=O) groups excluding carboxylic acids is 2. The van der Waals surface area contributed by atoms with E-state index in [9.17, 15) is 9.59 Å². The Morgan fingerprint density at radius 2 is 1.17 bits per heavy atom. The molecule has 18 heavy (non-hydrogen) atoms. The SMILES string of the molecule is O=C1/C=C/CCCCCCCCCCCCC1=O. The molecule has 0 aromatic rings. The molecule has 0 spiro atoms. The normalized spacial score (nSPS) is 23.8. The minimum absolute atomic E-state index is 0.210. The maximum absolute atomic E-state index is 11.5. The second-order valence-corrected chi connectivity index (χ2v) is 5.26. The molecule has 0 amide bonds. The van der Waals surface area contributed by atoms with Crippen LogP contribution in [0.15, 0.2) is 12.2 Å². The third-order valence-corrected chi connectivity index (χ3v) is 3.57. The number of carbonyl (C=O) groups is 2. The minimum Gasteiger partial charge on any atom is -0.291 e. The van der Waals surface area contributed by atoms with Gasteiger partial charge in [0.15, 0.2) is 0 Å². The maximum atomic E-state index is 11.5. The fraction of sp³-hybridized carbons (Fsp3) is 0.750. The molecule has 2 heteroatoms. The predicted octanol–water partition coefficient (Wildman–Crippen LogP) is 4.38. The smallest absolute Gasteiger partial charge is 0.221 e. The van der Waals surface area contributed by atoms with Gasteiger partial charge >= 0.3 is 0 Å². The predicted molar refractivity (Wildman–Crippen MR) is 74.6 cm³/mol. The van der Waals surface area contributed by atoms with Gasteiger partial charge in [0.2, 0.25) is 11.6 Å². The number of allylic oxidation sites excluding steroid dienone is 2. The minimum atomic E-state index is -0.304. The van der Waals surface area contributed by atoms with E-state index >= 15 is 0 Å². The standard InChI is InChI=1S/C16H26O2/c17-15-13-11-9-7-5-3-1-2-4-6-8-10-12-14-16(15)18/h11,13H,1-10,12,14H2/b13-11+. The van der Waals surface area contributed by atoms with Gasteiger partial charge in [0.05, 0.1) is 0 Å². The molecule has 0 radical (unpaired) electrons. The highest BCUT2D eigenvalue weighted by molar-refractivity contribution is 6.41. The van der Waals surface area contributed by atoms with Gasteiger partial charge in [-0.2, -0.15) is 0 Å². The van der Waals surface area contributed by atoms with E-state index < -0.39 is 0 Å². The van der Waals surface area contributed by atoms with E-state index in [1.165, 1.54) is 51.0 Å². The highest BCUT2D eigenvalue weighted by Gasteiger charge is 2.09. The summed E-state index contributed by atoms with van der Waals surface area (Å²) in [5.41, 5.74) is 0. The first-order chi connectivity index (χ1) is 8.80. The summed E-state index contributed by atoms with van der Waals surface area (Å²) in [6, 6.07) is 0. The highest BCUT2D eigenvalue weighted by atomic mass is 16.2. The van der Waals surface area contributed by atoms with Gasteiger partial charge in [-0.15, -0.1) is 0 Å². The van der Waals surface area contributed by atoms with Gasteiger partial charge in [-0.25, -0.2) is 0 Å². The molecule has 0 saturated heterocycles. The first-order valence-electron chi connectivity index (χ1n) is 7.54. The summed E-state index contributed by atoms with van der Waals surface area (Å²) in [6.07, 6.45) is 16.9. The molecule has 0 unspecified atom stereocenters. The Bertz CT molecular complexity index is 279. The van der Waals surface area contributed by atoms with Crippen LogP contribution in [0.1, 0.15) is 77.0 Å². The van der Waals surface area contributed by atoms with Crippen molar-refractivity contribution in [1.29, 1.82) is 0 Å². The van der Waals surface area contributed by atoms with Gasteiger partial charge < -0.3 is 0 Å². The summed E-state index contributed by atoms with van der Waals surface area (Å²) in [6.45, 7) is 0. The van der Waals surface area contributed by atoms with Crippen LogP contribution < -0.4 is 0 Å². The number of Topliss-reactive ketones (excluding diaryl/α,β-unsaturated/α-hetero) is 1. The Balaban J connectivity index is 2.33. The molecular weight excluding hydrogens is 224 g/mol. The van der Waals surface area contributed by atoms with Crippen LogP contribution in [0.25, 0.3) is 0 Å². The van der Waals surface area contributed by atoms with Crippen molar-refractivity contribution in [2.75, 3.05) is 0 Å². The van der Waals surface area contributed by atoms with E-state index in [0.29, 0.717) is 6.42 Å². The molecule has 1 aliphatic carbocycles. The van der Waals surface area contributed by atoms with Crippen molar-refractivity contribution in [2.24, 2.45) is 0 Å². The van der Waals surface area contributed by atoms with Crippen LogP contribution >= 0.6 is 0 Å². The fourth-order valence-electron chi connectivity index (χ4n) is 2.37. The van der Waals surface area contributed by atoms with Crippen LogP contribution in [0, 0.1) is 0 Å². The van der Waals surface area contributed by atoms with Crippen molar-refractivity contribution in [3.05, 3.63) is 12.2 Å². The number of rotatable bonds is 0. The average Bonchev–Trinajstić information content (AvgIpc) is 2.37. The van der Waals surface area contributed by atoms with Gasteiger partial charge in [-0.3, -0.25) is 9.59 Å². The van der Waals surface area contributed by atoms with Crippen molar-refractivity contribution >= 4 is 11.6 Å². The van der Waals surface area contributed by atoms with Crippen molar-refractivity contribution in [3.63, 3.8) is 0 Å². The summed E-state index contributed by atoms with van der Waals surface area (Å²) in [7, 11) is 0. The first kappa shape index (κ1) is 15.1. The molecular formula is C16H26O2. The molecule has 0 saturated carbocycles. The largest absolute Gasteiger partial charge is 0.291 e. The first-order valence-corrected chi connectivity index (χ1v) is 7.54. The lowest BCUT2D eigenvalue weighted by Gasteiger charge is -2.03. The second-order valence-electron chi connectivity index (χ2n) is 5.26. The quantitative estimate of drug-likeness (QED) is 0.598. The molecule has 102 valence electrons. The number of hydrogen-bond donors (Lipinski definition) is 0. The fourth-order valence-corrected chi connectivity index (χ4v) is 2.37. The third-order valence-electron chi connectivity index (χ3n) is 3.57. The Labute approximate surface area is 111 Å². The average molecular weight is 250 g/mol. The van der Waals surface area contributed by atoms with Crippen molar-refractivity contribution in [1.82, 2.24) is 0 Å². The van der Waals surface area contributed by atoms with Gasteiger partial charge in [-0.1, -0.05) is 57.4 Å². The van der Waals surface area contributed by atoms with Crippen LogP contribution in [0.4, 0.5) is 0 Å². The van der Waals surface area contributed by atoms with Gasteiger partial charge in [0.1, 0.15) is 0 Å². The monoisotopic (exact) mass is 250 g/mol. The van der Waals surface area contributed by atoms with Crippen molar-refractivity contribution in [3.8, 4) is 0 Å². The Hall–Kier alpha value is -0.920. The summed E-state index contributed by atoms with van der Waals surface area (Å²) in [5, 5.41) is 0. The molecule has 0 fully saturated rings. The van der Waals surface area contributed by atoms with E-state index in [0.717, 1.165) is 25.7 Å². The van der Waals surface area contributed by atoms with E-state index in [1.807, 2.05) is 6.08 Å². The van der Waals surface area contributed by atoms with Crippen LogP contribution in [0.5, 0.6) is 0 Å². The highest BCUT2D eigenvalue weighted by Crippen LogP contribution is 2.12. The second kappa shape index (κ2) is 10.0. The van der Waals surface area contributed by atoms with Crippen molar-refractivity contribution in [2.45, 2.75) is 77.0 Å². The lowest BCUT2D eigenvalue weighted by atomic mass is 10.0. The maximum Gasteiger partial charge on any atom is 0.221 e. The molecule has 2 nitrogen and oxygen atoms in total. The summed E-state index contributed by atoms with van der Waals surface area (Å²) >= 11 is 0. The lowest BCUT2D eigenvalue weighted by Crippen LogP contribution is -2.10. The molecule has 0 heterocycles. The zero-order valence-corrected chi connectivity index (χ0v) is 11.5. The van der Waals surface area contributed by atoms with Gasteiger partial charge in [-0.05, 0) is 25.3 Å². The van der Waals surface area contributed by atoms with Crippen LogP contribution in [-0.4, -0.2) is 11.6 Å². The third kappa shape index (κ3) is 7.41. The number of ketones is 2. The molecule has 0 bridgehead atoms. The molecule has 1 aliphatic rings. The number of hydrogen-bond acceptors (Lipinski definition) is 2. The van der Waals surface area contributed by atoms with Crippen LogP contribution in [0.3, 0.4) is 0 Å². The lowest BCUT2D eigenvalue weighted by molar-refractivity contribution is -0.133. The zero-order valence-electron chi connectivity index (χ0n) is 11.5. The molecule has 0 N–H and O–H groups in total. The topological polar surface area (TPSA) is 34.1 Å². The van der Waals surface area contributed by atoms with Crippen LogP contribution in [-0.2, 0) is 9.59 Å². The molecule has 0 aromatic heterocycles. The molecule has 0 aliphatic heterocycles. The van der Waals surface area contributed by atoms with Gasteiger partial charge in [0.25, 0.3) is 0 Å². The Morgan fingerprint density at radius 1 is 0.667 bits per heavy atom. The summed E-state index contributed by atoms with van der Waals surface area (Å²) < 4.78 is 0. The molecule has 1 rings (SSSR count). The summed E-state index contributed by atoms with van der Waals surface area (Å²) in [4.78, 5) is 23.0. The van der Waals surface area contributed by atoms with E-state index in [-0.39, 0.29) is 11.6 Å². The Kier molecular flexibility index (Phi) is 8.45. The Morgan fingerprint density at radius 3 is 1.78 bits per heavy atom. The van der Waals surface area contributed by atoms with Gasteiger partial charge in [0, 0.05) is 6.42 Å². The molecule has 0 aromatic carbocycles.